The van der Waals surface area contributed by atoms with Gasteiger partial charge in [0.1, 0.15) is 11.4 Å². The predicted molar refractivity (Wildman–Crippen MR) is 93.5 cm³/mol. The Labute approximate surface area is 146 Å². The molecular weight excluding hydrogens is 330 g/mol. The van der Waals surface area contributed by atoms with Crippen LogP contribution in [-0.4, -0.2) is 50.9 Å². The lowest BCUT2D eigenvalue weighted by molar-refractivity contribution is 0.0650. The molecule has 0 saturated carbocycles. The van der Waals surface area contributed by atoms with Crippen LogP contribution < -0.4 is 4.90 Å². The van der Waals surface area contributed by atoms with Crippen molar-refractivity contribution in [3.05, 3.63) is 11.1 Å². The number of hydrogen-bond acceptors (Lipinski definition) is 6. The highest BCUT2D eigenvalue weighted by atomic mass is 35.5. The van der Waals surface area contributed by atoms with Crippen LogP contribution in [0, 0.1) is 0 Å². The maximum atomic E-state index is 10.5. The van der Waals surface area contributed by atoms with Crippen molar-refractivity contribution in [3.63, 3.8) is 0 Å². The van der Waals surface area contributed by atoms with Crippen molar-refractivity contribution in [1.29, 1.82) is 0 Å². The molecule has 0 radical (unpaired) electrons. The number of aryl methyl sites for hydroxylation is 1. The van der Waals surface area contributed by atoms with Crippen molar-refractivity contribution in [3.8, 4) is 0 Å². The first-order chi connectivity index (χ1) is 11.4. The normalized spacial score (nSPS) is 16.1. The van der Waals surface area contributed by atoms with Crippen LogP contribution in [-0.2, 0) is 16.9 Å². The molecule has 0 unspecified atom stereocenters. The number of aromatic nitrogens is 4. The molecule has 3 heterocycles. The van der Waals surface area contributed by atoms with Gasteiger partial charge in [-0.2, -0.15) is 9.97 Å². The van der Waals surface area contributed by atoms with Crippen molar-refractivity contribution >= 4 is 28.6 Å². The van der Waals surface area contributed by atoms with Crippen molar-refractivity contribution in [2.75, 3.05) is 31.2 Å². The summed E-state index contributed by atoms with van der Waals surface area (Å²) in [4.78, 5) is 15.6. The molecule has 8 heteroatoms. The van der Waals surface area contributed by atoms with Crippen LogP contribution in [0.1, 0.15) is 39.4 Å². The number of ether oxygens (including phenoxy) is 1. The predicted octanol–water partition coefficient (Wildman–Crippen LogP) is 2.34. The number of nitrogens with zero attached hydrogens (tertiary/aromatic N) is 5. The van der Waals surface area contributed by atoms with Gasteiger partial charge >= 0.3 is 0 Å². The highest BCUT2D eigenvalue weighted by Gasteiger charge is 2.28. The van der Waals surface area contributed by atoms with Gasteiger partial charge in [0, 0.05) is 19.6 Å². The van der Waals surface area contributed by atoms with Crippen LogP contribution >= 0.6 is 11.6 Å². The summed E-state index contributed by atoms with van der Waals surface area (Å²) in [6.45, 7) is 9.12. The minimum atomic E-state index is -1.07. The van der Waals surface area contributed by atoms with E-state index in [4.69, 9.17) is 21.3 Å². The molecule has 1 N–H and O–H groups in total. The number of rotatable bonds is 5. The molecule has 1 saturated heterocycles. The van der Waals surface area contributed by atoms with Gasteiger partial charge < -0.3 is 19.3 Å². The number of fused-ring (bicyclic) bond motifs is 1. The van der Waals surface area contributed by atoms with Crippen molar-refractivity contribution in [1.82, 2.24) is 19.5 Å². The first-order valence-electron chi connectivity index (χ1n) is 8.41. The van der Waals surface area contributed by atoms with Crippen LogP contribution in [0.3, 0.4) is 0 Å². The summed E-state index contributed by atoms with van der Waals surface area (Å²) in [5, 5.41) is 10.7. The summed E-state index contributed by atoms with van der Waals surface area (Å²) in [6.07, 6.45) is 2.02. The highest BCUT2D eigenvalue weighted by Crippen LogP contribution is 2.30. The fourth-order valence-corrected chi connectivity index (χ4v) is 3.11. The molecule has 0 spiro atoms. The molecular formula is C16H24ClN5O2. The van der Waals surface area contributed by atoms with Crippen molar-refractivity contribution in [2.24, 2.45) is 0 Å². The molecule has 2 aromatic rings. The summed E-state index contributed by atoms with van der Waals surface area (Å²) in [5.74, 6) is 1.31. The van der Waals surface area contributed by atoms with Crippen LogP contribution in [0.5, 0.6) is 0 Å². The van der Waals surface area contributed by atoms with E-state index in [-0.39, 0.29) is 5.28 Å². The Balaban J connectivity index is 2.18. The number of morpholine rings is 1. The van der Waals surface area contributed by atoms with E-state index in [1.54, 1.807) is 13.8 Å². The first kappa shape index (κ1) is 17.4. The van der Waals surface area contributed by atoms with Gasteiger partial charge in [-0.15, -0.1) is 0 Å². The maximum Gasteiger partial charge on any atom is 0.226 e. The lowest BCUT2D eigenvalue weighted by atomic mass is 10.1. The van der Waals surface area contributed by atoms with Gasteiger partial charge in [-0.1, -0.05) is 13.3 Å². The molecule has 0 bridgehead atoms. The van der Waals surface area contributed by atoms with Gasteiger partial charge in [-0.3, -0.25) is 0 Å². The lowest BCUT2D eigenvalue weighted by Gasteiger charge is -2.27. The fraction of sp³-hybridized carbons (Fsp3) is 0.688. The summed E-state index contributed by atoms with van der Waals surface area (Å²) in [5.41, 5.74) is 0.306. The SMILES string of the molecule is CCCCn1c(C(C)(C)O)nc2c(N3CCOCC3)nc(Cl)nc21. The van der Waals surface area contributed by atoms with Gasteiger partial charge in [0.25, 0.3) is 0 Å². The largest absolute Gasteiger partial charge is 0.383 e. The summed E-state index contributed by atoms with van der Waals surface area (Å²) >= 11 is 6.19. The van der Waals surface area contributed by atoms with Crippen molar-refractivity contribution < 1.29 is 9.84 Å². The molecule has 1 aliphatic rings. The molecule has 0 amide bonds. The Morgan fingerprint density at radius 3 is 2.54 bits per heavy atom. The fourth-order valence-electron chi connectivity index (χ4n) is 2.95. The molecule has 2 aromatic heterocycles. The lowest BCUT2D eigenvalue weighted by Crippen LogP contribution is -2.37. The summed E-state index contributed by atoms with van der Waals surface area (Å²) in [6, 6.07) is 0. The monoisotopic (exact) mass is 353 g/mol. The smallest absolute Gasteiger partial charge is 0.226 e. The van der Waals surface area contributed by atoms with E-state index in [9.17, 15) is 5.11 Å². The minimum Gasteiger partial charge on any atom is -0.383 e. The van der Waals surface area contributed by atoms with Gasteiger partial charge in [0.05, 0.1) is 13.2 Å². The summed E-state index contributed by atoms with van der Waals surface area (Å²) in [7, 11) is 0. The van der Waals surface area contributed by atoms with Gasteiger partial charge in [-0.25, -0.2) is 4.98 Å². The molecule has 1 fully saturated rings. The Hall–Kier alpha value is -1.44. The van der Waals surface area contributed by atoms with Gasteiger partial charge in [-0.05, 0) is 31.9 Å². The number of imidazole rings is 1. The number of hydrogen-bond donors (Lipinski definition) is 1. The third kappa shape index (κ3) is 3.34. The number of aliphatic hydroxyl groups is 1. The molecule has 7 nitrogen and oxygen atoms in total. The van der Waals surface area contributed by atoms with Gasteiger partial charge in [0.2, 0.25) is 5.28 Å². The quantitative estimate of drug-likeness (QED) is 0.831. The van der Waals surface area contributed by atoms with Crippen LogP contribution in [0.2, 0.25) is 5.28 Å². The van der Waals surface area contributed by atoms with E-state index in [2.05, 4.69) is 21.8 Å². The number of halogens is 1. The van der Waals surface area contributed by atoms with Crippen molar-refractivity contribution in [2.45, 2.75) is 45.8 Å². The molecule has 0 aliphatic carbocycles. The second kappa shape index (κ2) is 6.82. The Bertz CT molecular complexity index is 719. The van der Waals surface area contributed by atoms with E-state index in [0.29, 0.717) is 36.0 Å². The molecule has 0 aromatic carbocycles. The Morgan fingerprint density at radius 2 is 1.92 bits per heavy atom. The second-order valence-electron chi connectivity index (χ2n) is 6.59. The molecule has 132 valence electrons. The van der Waals surface area contributed by atoms with Crippen LogP contribution in [0.4, 0.5) is 5.82 Å². The summed E-state index contributed by atoms with van der Waals surface area (Å²) < 4.78 is 7.38. The maximum absolute atomic E-state index is 10.5. The topological polar surface area (TPSA) is 76.3 Å². The zero-order valence-corrected chi connectivity index (χ0v) is 15.2. The molecule has 3 rings (SSSR count). The second-order valence-corrected chi connectivity index (χ2v) is 6.93. The van der Waals surface area contributed by atoms with E-state index in [1.807, 2.05) is 4.57 Å². The van der Waals surface area contributed by atoms with E-state index in [1.165, 1.54) is 0 Å². The molecule has 24 heavy (non-hydrogen) atoms. The van der Waals surface area contributed by atoms with Gasteiger partial charge in [0.15, 0.2) is 17.0 Å². The molecule has 0 atom stereocenters. The van der Waals surface area contributed by atoms with Crippen LogP contribution in [0.15, 0.2) is 0 Å². The van der Waals surface area contributed by atoms with Crippen LogP contribution in [0.25, 0.3) is 11.2 Å². The molecule has 1 aliphatic heterocycles. The third-order valence-corrected chi connectivity index (χ3v) is 4.31. The van der Waals surface area contributed by atoms with E-state index >= 15 is 0 Å². The minimum absolute atomic E-state index is 0.198. The average Bonchev–Trinajstić information content (AvgIpc) is 2.91. The average molecular weight is 354 g/mol. The van der Waals surface area contributed by atoms with E-state index < -0.39 is 5.60 Å². The zero-order valence-electron chi connectivity index (χ0n) is 14.4. The zero-order chi connectivity index (χ0) is 17.3. The Morgan fingerprint density at radius 1 is 1.21 bits per heavy atom. The Kier molecular flexibility index (Phi) is 4.94. The first-order valence-corrected chi connectivity index (χ1v) is 8.79. The number of anilines is 1. The van der Waals surface area contributed by atoms with E-state index in [0.717, 1.165) is 32.5 Å². The standard InChI is InChI=1S/C16H24ClN5O2/c1-4-5-6-22-13-11(18-14(22)16(2,3)23)12(19-15(17)20-13)21-7-9-24-10-8-21/h23H,4-10H2,1-3H3. The number of unbranched alkanes of at least 4 members (excludes halogenated alkanes) is 1. The highest BCUT2D eigenvalue weighted by molar-refractivity contribution is 6.28. The third-order valence-electron chi connectivity index (χ3n) is 4.14.